The molecule has 2 aliphatic heterocycles. The molecule has 6 rings (SSSR count). The number of benzene rings is 4. The van der Waals surface area contributed by atoms with Gasteiger partial charge in [-0.1, -0.05) is 62.4 Å². The third-order valence-electron chi connectivity index (χ3n) is 8.83. The Hall–Kier alpha value is -4.40. The fourth-order valence-electron chi connectivity index (χ4n) is 6.42. The number of carbonyl (C=O) groups excluding carboxylic acids is 4. The summed E-state index contributed by atoms with van der Waals surface area (Å²) in [6, 6.07) is 22.4. The first-order valence-electron chi connectivity index (χ1n) is 15.1. The maximum atomic E-state index is 13.3. The number of nitrogens with zero attached hydrogens (tertiary/aromatic N) is 4. The van der Waals surface area contributed by atoms with Gasteiger partial charge in [0.05, 0.1) is 0 Å². The van der Waals surface area contributed by atoms with Crippen LogP contribution < -0.4 is 0 Å². The normalized spacial score (nSPS) is 14.7. The summed E-state index contributed by atoms with van der Waals surface area (Å²) in [6.45, 7) is 9.26. The Balaban J connectivity index is 1.02. The molecular weight excluding hydrogens is 540 g/mol. The maximum absolute atomic E-state index is 13.3. The highest BCUT2D eigenvalue weighted by atomic mass is 16.2. The highest BCUT2D eigenvalue weighted by Gasteiger charge is 2.34. The van der Waals surface area contributed by atoms with Gasteiger partial charge in [-0.05, 0) is 67.6 Å². The first-order valence-corrected chi connectivity index (χ1v) is 15.1. The highest BCUT2D eigenvalue weighted by Crippen LogP contribution is 2.31. The van der Waals surface area contributed by atoms with Crippen LogP contribution in [-0.4, -0.2) is 95.6 Å². The van der Waals surface area contributed by atoms with Gasteiger partial charge in [-0.25, -0.2) is 0 Å². The number of amides is 4. The van der Waals surface area contributed by atoms with E-state index in [1.54, 1.807) is 24.3 Å². The topological polar surface area (TPSA) is 81.2 Å². The highest BCUT2D eigenvalue weighted by molar-refractivity contribution is 6.26. The van der Waals surface area contributed by atoms with Crippen LogP contribution in [0.2, 0.25) is 0 Å². The molecule has 2 heterocycles. The largest absolute Gasteiger partial charge is 0.302 e. The molecule has 43 heavy (non-hydrogen) atoms. The molecule has 8 nitrogen and oxygen atoms in total. The van der Waals surface area contributed by atoms with Crippen molar-refractivity contribution < 1.29 is 19.2 Å². The molecule has 8 heteroatoms. The zero-order chi connectivity index (χ0) is 30.1. The predicted octanol–water partition coefficient (Wildman–Crippen LogP) is 4.92. The Morgan fingerprint density at radius 2 is 0.814 bits per heavy atom. The summed E-state index contributed by atoms with van der Waals surface area (Å²) >= 11 is 0. The van der Waals surface area contributed by atoms with E-state index in [0.29, 0.717) is 48.4 Å². The number of rotatable bonds is 12. The van der Waals surface area contributed by atoms with Crippen molar-refractivity contribution in [1.29, 1.82) is 0 Å². The lowest BCUT2D eigenvalue weighted by Crippen LogP contribution is -2.45. The van der Waals surface area contributed by atoms with E-state index in [-0.39, 0.29) is 23.6 Å². The summed E-state index contributed by atoms with van der Waals surface area (Å²) in [5.74, 6) is -0.933. The summed E-state index contributed by atoms with van der Waals surface area (Å²) in [7, 11) is 0. The van der Waals surface area contributed by atoms with Gasteiger partial charge in [0.15, 0.2) is 0 Å². The van der Waals surface area contributed by atoms with Gasteiger partial charge < -0.3 is 9.80 Å². The quantitative estimate of drug-likeness (QED) is 0.223. The van der Waals surface area contributed by atoms with E-state index in [4.69, 9.17) is 0 Å². The number of likely N-dealkylation sites (N-methyl/N-ethyl adjacent to an activating group) is 2. The third kappa shape index (κ3) is 5.21. The van der Waals surface area contributed by atoms with E-state index >= 15 is 0 Å². The van der Waals surface area contributed by atoms with Crippen LogP contribution in [0, 0.1) is 0 Å². The van der Waals surface area contributed by atoms with Crippen molar-refractivity contribution in [1.82, 2.24) is 19.6 Å². The summed E-state index contributed by atoms with van der Waals surface area (Å²) in [5.41, 5.74) is 2.33. The number of imide groups is 2. The number of hydrogen-bond acceptors (Lipinski definition) is 6. The molecule has 0 saturated carbocycles. The van der Waals surface area contributed by atoms with Crippen molar-refractivity contribution in [3.05, 3.63) is 95.1 Å². The van der Waals surface area contributed by atoms with Crippen molar-refractivity contribution >= 4 is 45.2 Å². The molecule has 0 radical (unpaired) electrons. The number of hydrogen-bond donors (Lipinski definition) is 0. The molecule has 0 atom stereocenters. The minimum absolute atomic E-state index is 0.233. The lowest BCUT2D eigenvalue weighted by Gasteiger charge is -2.31. The first kappa shape index (κ1) is 28.7. The Bertz CT molecular complexity index is 1520. The van der Waals surface area contributed by atoms with Gasteiger partial charge in [0, 0.05) is 59.2 Å². The fraction of sp³-hybridized carbons (Fsp3) is 0.314. The molecule has 0 spiro atoms. The van der Waals surface area contributed by atoms with Crippen LogP contribution in [0.1, 0.15) is 61.7 Å². The molecule has 0 saturated heterocycles. The van der Waals surface area contributed by atoms with Gasteiger partial charge >= 0.3 is 0 Å². The van der Waals surface area contributed by atoms with Gasteiger partial charge in [-0.3, -0.25) is 29.0 Å². The number of carbonyl (C=O) groups is 4. The van der Waals surface area contributed by atoms with Gasteiger partial charge in [0.2, 0.25) is 0 Å². The molecule has 0 N–H and O–H groups in total. The van der Waals surface area contributed by atoms with Crippen LogP contribution in [-0.2, 0) is 0 Å². The van der Waals surface area contributed by atoms with Crippen molar-refractivity contribution in [2.45, 2.75) is 20.3 Å². The SMILES string of the molecule is CCN(CCCN(CC)CCN1C(=O)c2cccc3cccc(c23)C1=O)CCN1C(=O)c2cccc3cccc(c23)C1=O. The Morgan fingerprint density at radius 1 is 0.488 bits per heavy atom. The molecule has 0 unspecified atom stereocenters. The summed E-state index contributed by atoms with van der Waals surface area (Å²) < 4.78 is 0. The van der Waals surface area contributed by atoms with E-state index in [1.807, 2.05) is 48.5 Å². The predicted molar refractivity (Wildman–Crippen MR) is 167 cm³/mol. The van der Waals surface area contributed by atoms with Gasteiger partial charge in [-0.2, -0.15) is 0 Å². The van der Waals surface area contributed by atoms with E-state index in [2.05, 4.69) is 23.6 Å². The molecular formula is C35H36N4O4. The minimum atomic E-state index is -0.233. The minimum Gasteiger partial charge on any atom is -0.302 e. The Kier molecular flexibility index (Phi) is 8.06. The van der Waals surface area contributed by atoms with Crippen LogP contribution in [0.5, 0.6) is 0 Å². The van der Waals surface area contributed by atoms with E-state index in [0.717, 1.165) is 54.1 Å². The van der Waals surface area contributed by atoms with Crippen molar-refractivity contribution in [2.24, 2.45) is 0 Å². The molecule has 0 aromatic heterocycles. The second kappa shape index (κ2) is 12.1. The van der Waals surface area contributed by atoms with Gasteiger partial charge in [0.25, 0.3) is 23.6 Å². The van der Waals surface area contributed by atoms with Gasteiger partial charge in [-0.15, -0.1) is 0 Å². The van der Waals surface area contributed by atoms with Crippen LogP contribution in [0.3, 0.4) is 0 Å². The first-order chi connectivity index (χ1) is 20.9. The monoisotopic (exact) mass is 576 g/mol. The fourth-order valence-corrected chi connectivity index (χ4v) is 6.42. The lowest BCUT2D eigenvalue weighted by atomic mass is 9.94. The van der Waals surface area contributed by atoms with E-state index < -0.39 is 0 Å². The van der Waals surface area contributed by atoms with Crippen LogP contribution in [0.25, 0.3) is 21.5 Å². The third-order valence-corrected chi connectivity index (χ3v) is 8.83. The summed E-state index contributed by atoms with van der Waals surface area (Å²) in [6.07, 6.45) is 0.885. The summed E-state index contributed by atoms with van der Waals surface area (Å²) in [5, 5.41) is 3.31. The standard InChI is InChI=1S/C35H36N4O4/c1-3-36(20-22-38-32(40)26-14-5-10-24-11-6-15-27(30(24)26)33(38)41)18-9-19-37(4-2)21-23-39-34(42)28-16-7-12-25-13-8-17-29(31(25)28)35(39)43/h5-8,10-17H,3-4,9,18-23H2,1-2H3. The van der Waals surface area contributed by atoms with Crippen molar-refractivity contribution in [3.63, 3.8) is 0 Å². The average Bonchev–Trinajstić information content (AvgIpc) is 3.03. The second-order valence-electron chi connectivity index (χ2n) is 11.2. The van der Waals surface area contributed by atoms with Gasteiger partial charge in [0.1, 0.15) is 0 Å². The molecule has 0 bridgehead atoms. The van der Waals surface area contributed by atoms with Crippen molar-refractivity contribution in [2.75, 3.05) is 52.4 Å². The Labute approximate surface area is 251 Å². The van der Waals surface area contributed by atoms with Crippen LogP contribution in [0.4, 0.5) is 0 Å². The van der Waals surface area contributed by atoms with E-state index in [9.17, 15) is 19.2 Å². The zero-order valence-electron chi connectivity index (χ0n) is 24.7. The molecule has 2 aliphatic rings. The molecule has 0 fully saturated rings. The van der Waals surface area contributed by atoms with E-state index in [1.165, 1.54) is 9.80 Å². The maximum Gasteiger partial charge on any atom is 0.261 e. The molecule has 220 valence electrons. The summed E-state index contributed by atoms with van der Waals surface area (Å²) in [4.78, 5) is 60.3. The average molecular weight is 577 g/mol. The molecule has 4 amide bonds. The lowest BCUT2D eigenvalue weighted by molar-refractivity contribution is 0.0583. The Morgan fingerprint density at radius 3 is 1.12 bits per heavy atom. The smallest absolute Gasteiger partial charge is 0.261 e. The van der Waals surface area contributed by atoms with Crippen LogP contribution in [0.15, 0.2) is 72.8 Å². The molecule has 4 aromatic rings. The van der Waals surface area contributed by atoms with Crippen molar-refractivity contribution in [3.8, 4) is 0 Å². The molecule has 0 aliphatic carbocycles. The zero-order valence-corrected chi connectivity index (χ0v) is 24.7. The second-order valence-corrected chi connectivity index (χ2v) is 11.2. The van der Waals surface area contributed by atoms with Crippen LogP contribution >= 0.6 is 0 Å². The molecule has 4 aromatic carbocycles.